The highest BCUT2D eigenvalue weighted by Crippen LogP contribution is 2.36. The summed E-state index contributed by atoms with van der Waals surface area (Å²) in [7, 11) is 0. The van der Waals surface area contributed by atoms with Gasteiger partial charge in [-0.15, -0.1) is 11.3 Å². The van der Waals surface area contributed by atoms with Gasteiger partial charge in [0, 0.05) is 28.4 Å². The number of halogens is 1. The van der Waals surface area contributed by atoms with Crippen LogP contribution in [0.5, 0.6) is 0 Å². The van der Waals surface area contributed by atoms with Crippen LogP contribution in [0.2, 0.25) is 0 Å². The molecule has 3 aromatic heterocycles. The van der Waals surface area contributed by atoms with E-state index in [-0.39, 0.29) is 11.4 Å². The van der Waals surface area contributed by atoms with Gasteiger partial charge in [0.2, 0.25) is 0 Å². The highest BCUT2D eigenvalue weighted by molar-refractivity contribution is 7.19. The summed E-state index contributed by atoms with van der Waals surface area (Å²) in [6.45, 7) is 1.94. The average Bonchev–Trinajstić information content (AvgIpc) is 3.15. The molecule has 0 aliphatic carbocycles. The van der Waals surface area contributed by atoms with Crippen LogP contribution in [0, 0.1) is 12.7 Å². The monoisotopic (exact) mass is 325 g/mol. The van der Waals surface area contributed by atoms with E-state index in [9.17, 15) is 9.18 Å². The Morgan fingerprint density at radius 2 is 1.91 bits per heavy atom. The molecule has 4 rings (SSSR count). The number of H-pyrrole nitrogens is 2. The molecule has 4 nitrogen and oxygen atoms in total. The molecular weight excluding hydrogens is 313 g/mol. The van der Waals surface area contributed by atoms with E-state index in [2.05, 4.69) is 15.0 Å². The van der Waals surface area contributed by atoms with Gasteiger partial charge in [0.15, 0.2) is 0 Å². The second kappa shape index (κ2) is 5.17. The third-order valence-corrected chi connectivity index (χ3v) is 4.74. The van der Waals surface area contributed by atoms with E-state index in [1.807, 2.05) is 13.0 Å². The number of nitrogens with zero attached hydrogens (tertiary/aromatic N) is 1. The van der Waals surface area contributed by atoms with Gasteiger partial charge >= 0.3 is 0 Å². The predicted molar refractivity (Wildman–Crippen MR) is 90.2 cm³/mol. The fraction of sp³-hybridized carbons (Fsp3) is 0.0588. The maximum atomic E-state index is 13.2. The topological polar surface area (TPSA) is 61.5 Å². The van der Waals surface area contributed by atoms with E-state index >= 15 is 0 Å². The largest absolute Gasteiger partial charge is 0.367 e. The number of fused-ring (bicyclic) bond motifs is 1. The fourth-order valence-corrected chi connectivity index (χ4v) is 3.74. The molecule has 0 amide bonds. The zero-order valence-corrected chi connectivity index (χ0v) is 13.0. The molecule has 0 aliphatic heterocycles. The molecule has 4 aromatic rings. The van der Waals surface area contributed by atoms with Crippen molar-refractivity contribution in [3.05, 3.63) is 63.8 Å². The highest BCUT2D eigenvalue weighted by Gasteiger charge is 2.17. The average molecular weight is 325 g/mol. The lowest BCUT2D eigenvalue weighted by Gasteiger charge is -2.02. The third kappa shape index (κ3) is 2.27. The number of thiophene rings is 1. The van der Waals surface area contributed by atoms with Crippen LogP contribution in [-0.2, 0) is 0 Å². The molecule has 3 heterocycles. The first kappa shape index (κ1) is 13.9. The minimum atomic E-state index is -0.298. The van der Waals surface area contributed by atoms with Crippen LogP contribution in [0.15, 0.2) is 47.5 Å². The van der Waals surface area contributed by atoms with Crippen LogP contribution < -0.4 is 5.56 Å². The summed E-state index contributed by atoms with van der Waals surface area (Å²) in [5.41, 5.74) is 2.28. The van der Waals surface area contributed by atoms with Crippen molar-refractivity contribution in [1.29, 1.82) is 0 Å². The summed E-state index contributed by atoms with van der Waals surface area (Å²) in [5.74, 6) is 0.239. The minimum Gasteiger partial charge on any atom is -0.367 e. The van der Waals surface area contributed by atoms with Gasteiger partial charge in [0.1, 0.15) is 16.5 Å². The number of benzene rings is 1. The normalized spacial score (nSPS) is 11.2. The standard InChI is InChI=1S/C17H12FN3OS/c1-9-13(10-2-4-12(18)5-3-10)14-16(22)20-15(21-17(14)23-9)11-6-7-19-8-11/h2-8,19H,1H3,(H,20,21,22). The van der Waals surface area contributed by atoms with E-state index in [0.717, 1.165) is 21.6 Å². The first-order chi connectivity index (χ1) is 11.1. The Hall–Kier alpha value is -2.73. The molecule has 0 radical (unpaired) electrons. The molecule has 114 valence electrons. The van der Waals surface area contributed by atoms with Crippen molar-refractivity contribution in [2.45, 2.75) is 6.92 Å². The number of hydrogen-bond donors (Lipinski definition) is 2. The summed E-state index contributed by atoms with van der Waals surface area (Å²) in [4.78, 5) is 24.6. The molecule has 23 heavy (non-hydrogen) atoms. The van der Waals surface area contributed by atoms with Crippen molar-refractivity contribution in [1.82, 2.24) is 15.0 Å². The van der Waals surface area contributed by atoms with Gasteiger partial charge in [-0.05, 0) is 30.7 Å². The van der Waals surface area contributed by atoms with Gasteiger partial charge in [-0.2, -0.15) is 0 Å². The Labute approximate surface area is 134 Å². The molecule has 6 heteroatoms. The van der Waals surface area contributed by atoms with E-state index < -0.39 is 0 Å². The van der Waals surface area contributed by atoms with E-state index in [0.29, 0.717) is 16.0 Å². The zero-order chi connectivity index (χ0) is 16.0. The summed E-state index contributed by atoms with van der Waals surface area (Å²) in [6, 6.07) is 8.01. The van der Waals surface area contributed by atoms with E-state index in [1.54, 1.807) is 24.5 Å². The van der Waals surface area contributed by atoms with Crippen LogP contribution in [0.1, 0.15) is 4.88 Å². The maximum Gasteiger partial charge on any atom is 0.260 e. The first-order valence-electron chi connectivity index (χ1n) is 7.06. The number of hydrogen-bond acceptors (Lipinski definition) is 3. The highest BCUT2D eigenvalue weighted by atomic mass is 32.1. The summed E-state index contributed by atoms with van der Waals surface area (Å²) >= 11 is 1.47. The van der Waals surface area contributed by atoms with Crippen molar-refractivity contribution in [3.8, 4) is 22.5 Å². The number of aryl methyl sites for hydroxylation is 1. The van der Waals surface area contributed by atoms with Gasteiger partial charge in [-0.25, -0.2) is 9.37 Å². The fourth-order valence-electron chi connectivity index (χ4n) is 2.69. The second-order valence-corrected chi connectivity index (χ2v) is 6.44. The molecule has 0 unspecified atom stereocenters. The molecule has 0 spiro atoms. The van der Waals surface area contributed by atoms with Crippen molar-refractivity contribution in [3.63, 3.8) is 0 Å². The Bertz CT molecular complexity index is 1050. The molecule has 0 saturated carbocycles. The number of aromatic amines is 2. The lowest BCUT2D eigenvalue weighted by Crippen LogP contribution is -2.08. The molecule has 0 fully saturated rings. The van der Waals surface area contributed by atoms with E-state index in [1.165, 1.54) is 23.5 Å². The molecular formula is C17H12FN3OS. The Kier molecular flexibility index (Phi) is 3.12. The van der Waals surface area contributed by atoms with Crippen molar-refractivity contribution < 1.29 is 4.39 Å². The summed E-state index contributed by atoms with van der Waals surface area (Å²) in [6.07, 6.45) is 3.56. The summed E-state index contributed by atoms with van der Waals surface area (Å²) < 4.78 is 13.2. The molecule has 0 atom stereocenters. The van der Waals surface area contributed by atoms with Gasteiger partial charge in [0.25, 0.3) is 5.56 Å². The van der Waals surface area contributed by atoms with Crippen molar-refractivity contribution in [2.24, 2.45) is 0 Å². The molecule has 2 N–H and O–H groups in total. The lowest BCUT2D eigenvalue weighted by atomic mass is 10.0. The third-order valence-electron chi connectivity index (χ3n) is 3.74. The van der Waals surface area contributed by atoms with Crippen LogP contribution in [0.4, 0.5) is 4.39 Å². The van der Waals surface area contributed by atoms with Crippen LogP contribution in [0.3, 0.4) is 0 Å². The minimum absolute atomic E-state index is 0.185. The number of nitrogens with one attached hydrogen (secondary N) is 2. The molecule has 0 saturated heterocycles. The quantitative estimate of drug-likeness (QED) is 0.583. The Morgan fingerprint density at radius 1 is 1.13 bits per heavy atom. The first-order valence-corrected chi connectivity index (χ1v) is 7.87. The van der Waals surface area contributed by atoms with Gasteiger partial charge in [-0.3, -0.25) is 4.79 Å². The van der Waals surface area contributed by atoms with Crippen molar-refractivity contribution >= 4 is 21.6 Å². The van der Waals surface area contributed by atoms with Crippen LogP contribution >= 0.6 is 11.3 Å². The maximum absolute atomic E-state index is 13.2. The van der Waals surface area contributed by atoms with Crippen LogP contribution in [-0.4, -0.2) is 15.0 Å². The SMILES string of the molecule is Cc1sc2nc(-c3cc[nH]c3)[nH]c(=O)c2c1-c1ccc(F)cc1. The van der Waals surface area contributed by atoms with Crippen LogP contribution in [0.25, 0.3) is 32.7 Å². The summed E-state index contributed by atoms with van der Waals surface area (Å²) in [5, 5.41) is 0.554. The van der Waals surface area contributed by atoms with Gasteiger partial charge in [0.05, 0.1) is 5.39 Å². The number of aromatic nitrogens is 3. The number of rotatable bonds is 2. The Balaban J connectivity index is 1.98. The molecule has 1 aromatic carbocycles. The predicted octanol–water partition coefficient (Wildman–Crippen LogP) is 4.09. The lowest BCUT2D eigenvalue weighted by molar-refractivity contribution is 0.628. The molecule has 0 bridgehead atoms. The van der Waals surface area contributed by atoms with Gasteiger partial charge < -0.3 is 9.97 Å². The second-order valence-electron chi connectivity index (χ2n) is 5.23. The zero-order valence-electron chi connectivity index (χ0n) is 12.2. The van der Waals surface area contributed by atoms with E-state index in [4.69, 9.17) is 0 Å². The van der Waals surface area contributed by atoms with Crippen molar-refractivity contribution in [2.75, 3.05) is 0 Å². The molecule has 0 aliphatic rings. The Morgan fingerprint density at radius 3 is 2.61 bits per heavy atom. The van der Waals surface area contributed by atoms with Gasteiger partial charge in [-0.1, -0.05) is 12.1 Å². The smallest absolute Gasteiger partial charge is 0.260 e.